The van der Waals surface area contributed by atoms with Crippen molar-refractivity contribution >= 4 is 88.9 Å². The van der Waals surface area contributed by atoms with Crippen molar-refractivity contribution in [2.24, 2.45) is 72.3 Å². The highest BCUT2D eigenvalue weighted by molar-refractivity contribution is 5.99. The molecule has 37 heteroatoms. The number of nitrogens with two attached hydrogens (primary N) is 10. The number of carbonyl (C=O) groups excluding carboxylic acids is 10. The minimum absolute atomic E-state index is 0.0198. The maximum Gasteiger partial charge on any atom is 0.326 e. The number of carboxylic acids is 2. The molecule has 32 N–H and O–H groups in total. The summed E-state index contributed by atoms with van der Waals surface area (Å²) in [5.41, 5.74) is 53.6. The number of carboxylic acid groups (broad SMARTS) is 2. The molecule has 8 atom stereocenters. The minimum Gasteiger partial charge on any atom is -0.508 e. The highest BCUT2D eigenvalue weighted by Gasteiger charge is 2.38. The molecule has 0 saturated heterocycles. The molecule has 91 heavy (non-hydrogen) atoms. The fourth-order valence-electron chi connectivity index (χ4n) is 8.53. The lowest BCUT2D eigenvalue weighted by molar-refractivity contribution is -0.144. The monoisotopic (exact) mass is 1290 g/mol. The maximum atomic E-state index is 14.6. The van der Waals surface area contributed by atoms with E-state index in [9.17, 15) is 72.9 Å². The Kier molecular flexibility index (Phi) is 36.9. The molecule has 0 aliphatic carbocycles. The molecule has 0 saturated carbocycles. The van der Waals surface area contributed by atoms with Crippen LogP contribution in [-0.2, 0) is 64.0 Å². The van der Waals surface area contributed by atoms with Gasteiger partial charge in [-0.25, -0.2) is 4.79 Å². The lowest BCUT2D eigenvalue weighted by Crippen LogP contribution is -2.63. The van der Waals surface area contributed by atoms with E-state index < -0.39 is 151 Å². The number of nitrogens with zero attached hydrogens (tertiary/aromatic N) is 3. The molecule has 1 rings (SSSR count). The molecule has 1 aromatic carbocycles. The van der Waals surface area contributed by atoms with Gasteiger partial charge in [0.25, 0.3) is 0 Å². The van der Waals surface area contributed by atoms with Crippen molar-refractivity contribution in [3.63, 3.8) is 0 Å². The van der Waals surface area contributed by atoms with Gasteiger partial charge in [0.05, 0.1) is 13.0 Å². The highest BCUT2D eigenvalue weighted by Crippen LogP contribution is 2.15. The Hall–Kier alpha value is -9.65. The maximum absolute atomic E-state index is 14.6. The van der Waals surface area contributed by atoms with Gasteiger partial charge in [-0.05, 0) is 128 Å². The summed E-state index contributed by atoms with van der Waals surface area (Å²) in [7, 11) is 0. The van der Waals surface area contributed by atoms with Crippen molar-refractivity contribution in [3.05, 3.63) is 29.8 Å². The quantitative estimate of drug-likeness (QED) is 0.0164. The number of rotatable bonds is 46. The fraction of sp³-hybridized carbons (Fsp3) is 0.611. The Morgan fingerprint density at radius 1 is 0.451 bits per heavy atom. The molecule has 0 heterocycles. The number of carbonyl (C=O) groups is 12. The van der Waals surface area contributed by atoms with Gasteiger partial charge in [0.15, 0.2) is 17.9 Å². The molecule has 0 aliphatic rings. The van der Waals surface area contributed by atoms with E-state index in [0.29, 0.717) is 24.8 Å². The number of phenols is 1. The van der Waals surface area contributed by atoms with Crippen molar-refractivity contribution in [1.29, 1.82) is 0 Å². The molecule has 0 aromatic heterocycles. The van der Waals surface area contributed by atoms with E-state index in [0.717, 1.165) is 0 Å². The molecular formula is C54H94N22O15. The SMILES string of the molecule is CC(C)(NC(=O)[C@H](Cc1ccc(O)cc1)NC(=O)[C@H](CCC(=O)O)NC(=O)[C@H](CCCN=C(N)N)NC(=O)[C@H](CCCN=C(N)N)NC(=O)[C@H](CCCCN)NC(=O)[C@H](CCCCN)NC(=O)[C@H](CCCN=C(N)N)NC(=O)CN)C(=O)N[C@@H](CC(N)=O)C(=O)O. The zero-order valence-electron chi connectivity index (χ0n) is 51.3. The van der Waals surface area contributed by atoms with E-state index >= 15 is 0 Å². The predicted octanol–water partition coefficient (Wildman–Crippen LogP) is -8.09. The van der Waals surface area contributed by atoms with Crippen LogP contribution in [-0.4, -0.2) is 197 Å². The second-order valence-electron chi connectivity index (χ2n) is 21.6. The standard InChI is InChI=1S/C54H94N22O15/c1-54(2,50(91)75-38(49(89)90)27-39(58)78)76-48(88)37(26-29-15-17-30(77)18-16-29)74-47(87)36(19-20-41(80)81)73-46(86)35(14-9-25-67-53(63)64)72-45(85)34(13-8-24-66-52(61)62)71-44(84)33(11-4-6-22-56)70-43(83)32(10-3-5-21-55)69-42(82)31(68-40(79)28-57)12-7-23-65-51(59)60/h15-18,31-38,77H,3-14,19-28,55-57H2,1-2H3,(H2,58,78)(H,68,79)(H,69,82)(H,70,83)(H,71,84)(H,72,85)(H,73,86)(H,74,87)(H,75,91)(H,76,88)(H,80,81)(H,89,90)(H4,59,60,65)(H4,61,62,66)(H4,63,64,67)/t31-,32-,33-,34-,35-,36-,37-,38-/m0/s1. The number of aliphatic imine (C=N–C) groups is 3. The average Bonchev–Trinajstić information content (AvgIpc) is 2.42. The molecule has 37 nitrogen and oxygen atoms in total. The van der Waals surface area contributed by atoms with Gasteiger partial charge in [0.2, 0.25) is 59.1 Å². The largest absolute Gasteiger partial charge is 0.508 e. The normalized spacial score (nSPS) is 13.6. The number of hydrogen-bond donors (Lipinski definition) is 22. The summed E-state index contributed by atoms with van der Waals surface area (Å²) in [6.07, 6.45) is -1.39. The summed E-state index contributed by atoms with van der Waals surface area (Å²) in [6, 6.07) is -6.97. The third kappa shape index (κ3) is 33.5. The molecule has 510 valence electrons. The van der Waals surface area contributed by atoms with Crippen molar-refractivity contribution in [1.82, 2.24) is 47.9 Å². The smallest absolute Gasteiger partial charge is 0.326 e. The first-order valence-corrected chi connectivity index (χ1v) is 29.4. The number of benzene rings is 1. The molecule has 0 fully saturated rings. The van der Waals surface area contributed by atoms with Crippen LogP contribution in [0, 0.1) is 0 Å². The first-order valence-electron chi connectivity index (χ1n) is 29.4. The molecule has 1 aromatic rings. The number of unbranched alkanes of at least 4 members (excludes halogenated alkanes) is 2. The van der Waals surface area contributed by atoms with E-state index in [-0.39, 0.29) is 121 Å². The van der Waals surface area contributed by atoms with Crippen LogP contribution in [0.4, 0.5) is 0 Å². The molecule has 0 unspecified atom stereocenters. The zero-order chi connectivity index (χ0) is 68.8. The first kappa shape index (κ1) is 79.4. The third-order valence-electron chi connectivity index (χ3n) is 13.4. The summed E-state index contributed by atoms with van der Waals surface area (Å²) in [5, 5.41) is 51.8. The number of aromatic hydroxyl groups is 1. The molecule has 0 aliphatic heterocycles. The summed E-state index contributed by atoms with van der Waals surface area (Å²) in [4.78, 5) is 173. The molecule has 0 radical (unpaired) electrons. The number of hydrogen-bond acceptors (Lipinski definition) is 19. The van der Waals surface area contributed by atoms with Crippen molar-refractivity contribution in [3.8, 4) is 5.75 Å². The third-order valence-corrected chi connectivity index (χ3v) is 13.4. The van der Waals surface area contributed by atoms with Gasteiger partial charge in [-0.15, -0.1) is 0 Å². The van der Waals surface area contributed by atoms with Crippen molar-refractivity contribution in [2.75, 3.05) is 39.3 Å². The Morgan fingerprint density at radius 3 is 1.13 bits per heavy atom. The van der Waals surface area contributed by atoms with Crippen LogP contribution < -0.4 is 105 Å². The number of aliphatic carboxylic acids is 2. The van der Waals surface area contributed by atoms with Gasteiger partial charge in [0, 0.05) is 32.5 Å². The number of guanidine groups is 3. The summed E-state index contributed by atoms with van der Waals surface area (Å²) < 4.78 is 0. The van der Waals surface area contributed by atoms with Gasteiger partial charge in [-0.2, -0.15) is 0 Å². The van der Waals surface area contributed by atoms with Crippen LogP contribution in [0.2, 0.25) is 0 Å². The zero-order valence-corrected chi connectivity index (χ0v) is 51.3. The van der Waals surface area contributed by atoms with E-state index in [1.165, 1.54) is 38.1 Å². The number of nitrogens with one attached hydrogen (secondary N) is 9. The lowest BCUT2D eigenvalue weighted by atomic mass is 9.99. The topological polar surface area (TPSA) is 671 Å². The van der Waals surface area contributed by atoms with E-state index in [1.54, 1.807) is 0 Å². The van der Waals surface area contributed by atoms with Gasteiger partial charge in [0.1, 0.15) is 59.6 Å². The minimum atomic E-state index is -1.95. The van der Waals surface area contributed by atoms with E-state index in [4.69, 9.17) is 57.3 Å². The molecule has 0 bridgehead atoms. The number of primary amides is 1. The second kappa shape index (κ2) is 42.3. The Balaban J connectivity index is 3.84. The summed E-state index contributed by atoms with van der Waals surface area (Å²) in [5.74, 6) is -13.7. The molecule has 0 spiro atoms. The fourth-order valence-corrected chi connectivity index (χ4v) is 8.53. The first-order chi connectivity index (χ1) is 42.8. The lowest BCUT2D eigenvalue weighted by Gasteiger charge is -2.30. The van der Waals surface area contributed by atoms with Gasteiger partial charge in [-0.3, -0.25) is 67.7 Å². The average molecular weight is 1290 g/mol. The van der Waals surface area contributed by atoms with Crippen LogP contribution in [0.1, 0.15) is 116 Å². The highest BCUT2D eigenvalue weighted by atomic mass is 16.4. The number of amides is 10. The van der Waals surface area contributed by atoms with Gasteiger partial charge in [-0.1, -0.05) is 12.1 Å². The van der Waals surface area contributed by atoms with Gasteiger partial charge >= 0.3 is 11.9 Å². The van der Waals surface area contributed by atoms with Crippen molar-refractivity contribution < 1.29 is 72.9 Å². The van der Waals surface area contributed by atoms with E-state index in [2.05, 4.69) is 62.8 Å². The van der Waals surface area contributed by atoms with E-state index in [1.807, 2.05) is 0 Å². The Bertz CT molecular complexity index is 2680. The van der Waals surface area contributed by atoms with Crippen LogP contribution in [0.25, 0.3) is 0 Å². The van der Waals surface area contributed by atoms with Crippen LogP contribution in [0.5, 0.6) is 5.75 Å². The van der Waals surface area contributed by atoms with Crippen LogP contribution in [0.3, 0.4) is 0 Å². The molecular weight excluding hydrogens is 1200 g/mol. The second-order valence-corrected chi connectivity index (χ2v) is 21.6. The Labute approximate surface area is 525 Å². The predicted molar refractivity (Wildman–Crippen MR) is 332 cm³/mol. The van der Waals surface area contributed by atoms with Crippen LogP contribution >= 0.6 is 0 Å². The van der Waals surface area contributed by atoms with Crippen molar-refractivity contribution in [2.45, 2.75) is 170 Å². The summed E-state index contributed by atoms with van der Waals surface area (Å²) >= 11 is 0. The Morgan fingerprint density at radius 2 is 0.802 bits per heavy atom. The van der Waals surface area contributed by atoms with Gasteiger partial charge < -0.3 is 121 Å². The van der Waals surface area contributed by atoms with Crippen LogP contribution in [0.15, 0.2) is 39.2 Å². The summed E-state index contributed by atoms with van der Waals surface area (Å²) in [6.45, 7) is 2.25. The number of phenolic OH excluding ortho intramolecular Hbond substituents is 1. The molecule has 10 amide bonds.